The molecule has 0 aliphatic carbocycles. The van der Waals surface area contributed by atoms with Crippen LogP contribution in [0, 0.1) is 5.92 Å². The number of hydrogen-bond acceptors (Lipinski definition) is 6. The molecule has 1 aromatic heterocycles. The van der Waals surface area contributed by atoms with Crippen LogP contribution in [0.5, 0.6) is 5.75 Å². The molecule has 0 saturated carbocycles. The number of rotatable bonds is 3. The Kier molecular flexibility index (Phi) is 3.66. The van der Waals surface area contributed by atoms with Crippen molar-refractivity contribution >= 4 is 11.8 Å². The lowest BCUT2D eigenvalue weighted by atomic mass is 10.0. The number of benzene rings is 1. The van der Waals surface area contributed by atoms with Crippen molar-refractivity contribution in [1.82, 2.24) is 9.97 Å². The molecule has 0 atom stereocenters. The summed E-state index contributed by atoms with van der Waals surface area (Å²) in [6.45, 7) is 3.92. The third-order valence-corrected chi connectivity index (χ3v) is 3.67. The van der Waals surface area contributed by atoms with E-state index in [4.69, 9.17) is 4.74 Å². The molecule has 2 heterocycles. The zero-order valence-corrected chi connectivity index (χ0v) is 12.5. The summed E-state index contributed by atoms with van der Waals surface area (Å²) in [4.78, 5) is 22.5. The van der Waals surface area contributed by atoms with Crippen LogP contribution < -0.4 is 4.90 Å². The van der Waals surface area contributed by atoms with E-state index >= 15 is 0 Å². The Hall–Kier alpha value is -2.63. The van der Waals surface area contributed by atoms with E-state index in [1.165, 1.54) is 13.3 Å². The van der Waals surface area contributed by atoms with Crippen molar-refractivity contribution < 1.29 is 14.6 Å². The quantitative estimate of drug-likeness (QED) is 0.875. The van der Waals surface area contributed by atoms with Crippen LogP contribution in [-0.4, -0.2) is 41.2 Å². The average Bonchev–Trinajstić information content (AvgIpc) is 2.51. The predicted molar refractivity (Wildman–Crippen MR) is 81.8 cm³/mol. The van der Waals surface area contributed by atoms with Gasteiger partial charge in [0.25, 0.3) is 0 Å². The molecule has 1 aromatic carbocycles. The first kappa shape index (κ1) is 14.3. The zero-order chi connectivity index (χ0) is 15.7. The van der Waals surface area contributed by atoms with Crippen molar-refractivity contribution in [1.29, 1.82) is 0 Å². The SMILES string of the molecule is COC(=O)c1cnc(N2CC(C)C2)c(-c2ccccc2O)n1. The van der Waals surface area contributed by atoms with Gasteiger partial charge in [-0.15, -0.1) is 0 Å². The van der Waals surface area contributed by atoms with Crippen LogP contribution >= 0.6 is 0 Å². The second-order valence-electron chi connectivity index (χ2n) is 5.45. The number of para-hydroxylation sites is 1. The van der Waals surface area contributed by atoms with Crippen molar-refractivity contribution in [2.24, 2.45) is 5.92 Å². The maximum absolute atomic E-state index is 11.7. The van der Waals surface area contributed by atoms with Crippen molar-refractivity contribution in [3.05, 3.63) is 36.2 Å². The minimum atomic E-state index is -0.548. The van der Waals surface area contributed by atoms with Crippen LogP contribution in [0.1, 0.15) is 17.4 Å². The Morgan fingerprint density at radius 2 is 2.09 bits per heavy atom. The molecule has 3 rings (SSSR count). The molecule has 0 amide bonds. The van der Waals surface area contributed by atoms with Gasteiger partial charge in [0.2, 0.25) is 0 Å². The summed E-state index contributed by atoms with van der Waals surface area (Å²) in [6.07, 6.45) is 1.41. The summed E-state index contributed by atoms with van der Waals surface area (Å²) in [7, 11) is 1.30. The molecule has 1 saturated heterocycles. The number of carbonyl (C=O) groups excluding carboxylic acids is 1. The van der Waals surface area contributed by atoms with Gasteiger partial charge in [-0.25, -0.2) is 14.8 Å². The molecule has 1 fully saturated rings. The fourth-order valence-corrected chi connectivity index (χ4v) is 2.54. The van der Waals surface area contributed by atoms with Crippen molar-refractivity contribution in [3.63, 3.8) is 0 Å². The molecule has 0 unspecified atom stereocenters. The number of carbonyl (C=O) groups is 1. The van der Waals surface area contributed by atoms with E-state index in [2.05, 4.69) is 21.8 Å². The topological polar surface area (TPSA) is 75.5 Å². The number of phenols is 1. The maximum atomic E-state index is 11.7. The summed E-state index contributed by atoms with van der Waals surface area (Å²) >= 11 is 0. The second kappa shape index (κ2) is 5.63. The number of aromatic nitrogens is 2. The van der Waals surface area contributed by atoms with Crippen LogP contribution in [0.15, 0.2) is 30.5 Å². The van der Waals surface area contributed by atoms with Gasteiger partial charge in [-0.3, -0.25) is 0 Å². The van der Waals surface area contributed by atoms with Gasteiger partial charge < -0.3 is 14.7 Å². The van der Waals surface area contributed by atoms with Gasteiger partial charge in [0.05, 0.1) is 13.3 Å². The molecule has 1 aliphatic rings. The highest BCUT2D eigenvalue weighted by Crippen LogP contribution is 2.35. The average molecular weight is 299 g/mol. The molecule has 2 aromatic rings. The number of nitrogens with zero attached hydrogens (tertiary/aromatic N) is 3. The Labute approximate surface area is 128 Å². The Balaban J connectivity index is 2.11. The monoisotopic (exact) mass is 299 g/mol. The summed E-state index contributed by atoms with van der Waals surface area (Å²) in [5.41, 5.74) is 1.17. The molecule has 0 radical (unpaired) electrons. The van der Waals surface area contributed by atoms with E-state index < -0.39 is 5.97 Å². The number of phenolic OH excluding ortho intramolecular Hbond substituents is 1. The van der Waals surface area contributed by atoms with Gasteiger partial charge in [0, 0.05) is 18.7 Å². The Morgan fingerprint density at radius 1 is 1.36 bits per heavy atom. The number of ether oxygens (including phenoxy) is 1. The Morgan fingerprint density at radius 3 is 2.73 bits per heavy atom. The summed E-state index contributed by atoms with van der Waals surface area (Å²) in [6, 6.07) is 6.89. The number of anilines is 1. The lowest BCUT2D eigenvalue weighted by Crippen LogP contribution is -2.46. The van der Waals surface area contributed by atoms with E-state index in [1.54, 1.807) is 18.2 Å². The minimum Gasteiger partial charge on any atom is -0.507 e. The molecule has 6 heteroatoms. The molecule has 114 valence electrons. The fourth-order valence-electron chi connectivity index (χ4n) is 2.54. The van der Waals surface area contributed by atoms with Crippen molar-refractivity contribution in [3.8, 4) is 17.0 Å². The van der Waals surface area contributed by atoms with Crippen LogP contribution in [0.2, 0.25) is 0 Å². The smallest absolute Gasteiger partial charge is 0.358 e. The van der Waals surface area contributed by atoms with Gasteiger partial charge in [-0.1, -0.05) is 19.1 Å². The maximum Gasteiger partial charge on any atom is 0.358 e. The third-order valence-electron chi connectivity index (χ3n) is 3.67. The van der Waals surface area contributed by atoms with Crippen molar-refractivity contribution in [2.45, 2.75) is 6.92 Å². The molecular weight excluding hydrogens is 282 g/mol. The van der Waals surface area contributed by atoms with E-state index in [9.17, 15) is 9.90 Å². The summed E-state index contributed by atoms with van der Waals surface area (Å²) in [5.74, 6) is 0.827. The van der Waals surface area contributed by atoms with Gasteiger partial charge in [0.1, 0.15) is 11.4 Å². The first-order valence-electron chi connectivity index (χ1n) is 7.09. The second-order valence-corrected chi connectivity index (χ2v) is 5.45. The van der Waals surface area contributed by atoms with Crippen LogP contribution in [-0.2, 0) is 4.74 Å². The number of aromatic hydroxyl groups is 1. The molecule has 0 bridgehead atoms. The molecule has 1 N–H and O–H groups in total. The van der Waals surface area contributed by atoms with Crippen LogP contribution in [0.25, 0.3) is 11.3 Å². The van der Waals surface area contributed by atoms with E-state index in [-0.39, 0.29) is 11.4 Å². The number of methoxy groups -OCH3 is 1. The number of hydrogen-bond donors (Lipinski definition) is 1. The largest absolute Gasteiger partial charge is 0.507 e. The lowest BCUT2D eigenvalue weighted by Gasteiger charge is -2.38. The van der Waals surface area contributed by atoms with E-state index in [0.29, 0.717) is 23.0 Å². The highest BCUT2D eigenvalue weighted by molar-refractivity contribution is 5.89. The van der Waals surface area contributed by atoms with Gasteiger partial charge in [0.15, 0.2) is 11.5 Å². The molecule has 1 aliphatic heterocycles. The Bertz CT molecular complexity index is 712. The number of esters is 1. The molecule has 0 spiro atoms. The van der Waals surface area contributed by atoms with E-state index in [1.807, 2.05) is 6.07 Å². The lowest BCUT2D eigenvalue weighted by molar-refractivity contribution is 0.0593. The first-order chi connectivity index (χ1) is 10.6. The molecular formula is C16H17N3O3. The molecule has 6 nitrogen and oxygen atoms in total. The van der Waals surface area contributed by atoms with Gasteiger partial charge in [-0.05, 0) is 18.1 Å². The van der Waals surface area contributed by atoms with Crippen LogP contribution in [0.4, 0.5) is 5.82 Å². The molecule has 22 heavy (non-hydrogen) atoms. The van der Waals surface area contributed by atoms with Gasteiger partial charge in [-0.2, -0.15) is 0 Å². The fraction of sp³-hybridized carbons (Fsp3) is 0.312. The van der Waals surface area contributed by atoms with E-state index in [0.717, 1.165) is 13.1 Å². The normalized spacial score (nSPS) is 14.5. The summed E-state index contributed by atoms with van der Waals surface area (Å²) in [5, 5.41) is 10.1. The predicted octanol–water partition coefficient (Wildman–Crippen LogP) is 2.09. The highest BCUT2D eigenvalue weighted by Gasteiger charge is 2.28. The van der Waals surface area contributed by atoms with Crippen molar-refractivity contribution in [2.75, 3.05) is 25.1 Å². The highest BCUT2D eigenvalue weighted by atomic mass is 16.5. The zero-order valence-electron chi connectivity index (χ0n) is 12.5. The van der Waals surface area contributed by atoms with Crippen LogP contribution in [0.3, 0.4) is 0 Å². The standard InChI is InChI=1S/C16H17N3O3/c1-10-8-19(9-10)15-14(11-5-3-4-6-13(11)20)18-12(7-17-15)16(21)22-2/h3-7,10,20H,8-9H2,1-2H3. The first-order valence-corrected chi connectivity index (χ1v) is 7.09. The minimum absolute atomic E-state index is 0.105. The summed E-state index contributed by atoms with van der Waals surface area (Å²) < 4.78 is 4.70. The van der Waals surface area contributed by atoms with Gasteiger partial charge >= 0.3 is 5.97 Å². The third kappa shape index (κ3) is 2.47.